The fraction of sp³-hybridized carbons (Fsp3) is 1.00. The molecule has 0 rings (SSSR count). The maximum Gasteiger partial charge on any atom is 0.0535 e. The summed E-state index contributed by atoms with van der Waals surface area (Å²) in [4.78, 5) is 2.51. The van der Waals surface area contributed by atoms with Gasteiger partial charge in [-0.3, -0.25) is 4.90 Å². The van der Waals surface area contributed by atoms with Crippen molar-refractivity contribution in [2.24, 2.45) is 0 Å². The molecule has 0 heterocycles. The molecule has 0 aromatic rings. The van der Waals surface area contributed by atoms with E-state index in [4.69, 9.17) is 0 Å². The van der Waals surface area contributed by atoms with Crippen molar-refractivity contribution in [3.63, 3.8) is 0 Å². The van der Waals surface area contributed by atoms with Crippen LogP contribution in [0, 0.1) is 0 Å². The summed E-state index contributed by atoms with van der Waals surface area (Å²) in [6, 6.07) is 5.96. The minimum atomic E-state index is -0.849. The molecule has 16 heavy (non-hydrogen) atoms. The number of nitrogens with zero attached hydrogens (tertiary/aromatic N) is 1. The highest BCUT2D eigenvalue weighted by Crippen LogP contribution is 2.26. The summed E-state index contributed by atoms with van der Waals surface area (Å²) in [7, 11) is -0.849. The maximum absolute atomic E-state index is 2.51. The average molecular weight is 262 g/mol. The van der Waals surface area contributed by atoms with E-state index in [-0.39, 0.29) is 0 Å². The molecule has 0 unspecified atom stereocenters. The Kier molecular flexibility index (Phi) is 9.86. The van der Waals surface area contributed by atoms with Gasteiger partial charge in [0, 0.05) is 5.88 Å². The molecule has 0 N–H and O–H groups in total. The van der Waals surface area contributed by atoms with Gasteiger partial charge in [0.15, 0.2) is 0 Å². The van der Waals surface area contributed by atoms with Crippen molar-refractivity contribution in [1.29, 1.82) is 0 Å². The summed E-state index contributed by atoms with van der Waals surface area (Å²) >= 11 is 2.14. The monoisotopic (exact) mass is 261 g/mol. The largest absolute Gasteiger partial charge is 0.295 e. The first-order valence-electron chi connectivity index (χ1n) is 6.98. The van der Waals surface area contributed by atoms with Crippen molar-refractivity contribution in [2.45, 2.75) is 58.8 Å². The molecular formula is C13H31NSSi. The van der Waals surface area contributed by atoms with Gasteiger partial charge in [-0.05, 0) is 24.9 Å². The molecule has 0 aliphatic heterocycles. The molecule has 0 aromatic carbocycles. The maximum atomic E-state index is 2.51. The normalized spacial score (nSPS) is 12.4. The van der Waals surface area contributed by atoms with Crippen molar-refractivity contribution in [1.82, 2.24) is 4.90 Å². The summed E-state index contributed by atoms with van der Waals surface area (Å²) in [5, 5.41) is 0. The summed E-state index contributed by atoms with van der Waals surface area (Å²) in [5.41, 5.74) is 0. The third-order valence-corrected chi connectivity index (χ3v) is 11.4. The van der Waals surface area contributed by atoms with Crippen LogP contribution < -0.4 is 0 Å². The van der Waals surface area contributed by atoms with Gasteiger partial charge < -0.3 is 0 Å². The molecule has 0 spiro atoms. The van der Waals surface area contributed by atoms with Gasteiger partial charge in [0.1, 0.15) is 0 Å². The fourth-order valence-electron chi connectivity index (χ4n) is 2.17. The number of thioether (sulfide) groups is 1. The Bertz CT molecular complexity index is 148. The first-order chi connectivity index (χ1) is 7.67. The van der Waals surface area contributed by atoms with Gasteiger partial charge in [0.05, 0.1) is 8.07 Å². The Morgan fingerprint density at radius 1 is 0.875 bits per heavy atom. The summed E-state index contributed by atoms with van der Waals surface area (Å²) < 4.78 is 0. The number of hydrogen-bond donors (Lipinski definition) is 0. The van der Waals surface area contributed by atoms with Crippen LogP contribution in [0.1, 0.15) is 34.6 Å². The highest BCUT2D eigenvalue weighted by molar-refractivity contribution is 7.99. The van der Waals surface area contributed by atoms with Crippen molar-refractivity contribution in [3.8, 4) is 0 Å². The molecule has 0 saturated heterocycles. The lowest BCUT2D eigenvalue weighted by Gasteiger charge is -2.28. The van der Waals surface area contributed by atoms with Crippen LogP contribution in [0.4, 0.5) is 0 Å². The van der Waals surface area contributed by atoms with Crippen LogP contribution in [-0.2, 0) is 0 Å². The molecule has 0 saturated carbocycles. The van der Waals surface area contributed by atoms with Crippen molar-refractivity contribution >= 4 is 19.8 Å². The molecule has 0 aromatic heterocycles. The Labute approximate surface area is 108 Å². The molecule has 1 nitrogen and oxygen atoms in total. The average Bonchev–Trinajstić information content (AvgIpc) is 2.35. The predicted molar refractivity (Wildman–Crippen MR) is 82.3 cm³/mol. The van der Waals surface area contributed by atoms with Gasteiger partial charge in [-0.1, -0.05) is 52.8 Å². The summed E-state index contributed by atoms with van der Waals surface area (Å²) in [6.07, 6.45) is 0. The molecule has 0 bridgehead atoms. The van der Waals surface area contributed by atoms with E-state index in [2.05, 4.69) is 51.3 Å². The van der Waals surface area contributed by atoms with Gasteiger partial charge in [-0.2, -0.15) is 0 Å². The van der Waals surface area contributed by atoms with E-state index >= 15 is 0 Å². The third kappa shape index (κ3) is 5.74. The van der Waals surface area contributed by atoms with Crippen LogP contribution >= 0.6 is 11.8 Å². The molecule has 0 amide bonds. The van der Waals surface area contributed by atoms with Crippen molar-refractivity contribution < 1.29 is 0 Å². The standard InChI is InChI=1S/C13H31NSSi/c1-6-14(7-2)13-15-11-12-16(8-3,9-4)10-5/h6-13H2,1-5H3. The van der Waals surface area contributed by atoms with Gasteiger partial charge in [0.2, 0.25) is 0 Å². The summed E-state index contributed by atoms with van der Waals surface area (Å²) in [5.74, 6) is 2.62. The molecule has 0 aliphatic rings. The second-order valence-corrected chi connectivity index (χ2v) is 11.3. The van der Waals surface area contributed by atoms with Gasteiger partial charge in [-0.25, -0.2) is 0 Å². The van der Waals surface area contributed by atoms with E-state index in [1.54, 1.807) is 0 Å². The Morgan fingerprint density at radius 2 is 1.38 bits per heavy atom. The molecular weight excluding hydrogens is 230 g/mol. The van der Waals surface area contributed by atoms with Gasteiger partial charge >= 0.3 is 0 Å². The fourth-order valence-corrected chi connectivity index (χ4v) is 7.79. The smallest absolute Gasteiger partial charge is 0.0535 e. The zero-order valence-electron chi connectivity index (χ0n) is 12.0. The highest BCUT2D eigenvalue weighted by Gasteiger charge is 2.25. The first-order valence-corrected chi connectivity index (χ1v) is 11.0. The van der Waals surface area contributed by atoms with Crippen LogP contribution in [0.3, 0.4) is 0 Å². The van der Waals surface area contributed by atoms with E-state index in [1.807, 2.05) is 0 Å². The Morgan fingerprint density at radius 3 is 1.75 bits per heavy atom. The van der Waals surface area contributed by atoms with E-state index in [9.17, 15) is 0 Å². The van der Waals surface area contributed by atoms with E-state index < -0.39 is 8.07 Å². The lowest BCUT2D eigenvalue weighted by molar-refractivity contribution is 0.358. The quantitative estimate of drug-likeness (QED) is 0.323. The predicted octanol–water partition coefficient (Wildman–Crippen LogP) is 4.53. The van der Waals surface area contributed by atoms with E-state index in [1.165, 1.54) is 48.9 Å². The second kappa shape index (κ2) is 9.55. The first kappa shape index (κ1) is 16.5. The molecule has 0 radical (unpaired) electrons. The second-order valence-electron chi connectivity index (χ2n) is 4.65. The SMILES string of the molecule is CCN(CC)CSCC[Si](CC)(CC)CC. The Hall–Kier alpha value is 0.527. The molecule has 98 valence electrons. The number of rotatable bonds is 10. The van der Waals surface area contributed by atoms with Crippen molar-refractivity contribution in [3.05, 3.63) is 0 Å². The van der Waals surface area contributed by atoms with E-state index in [0.717, 1.165) is 0 Å². The van der Waals surface area contributed by atoms with Crippen LogP contribution in [0.5, 0.6) is 0 Å². The topological polar surface area (TPSA) is 3.24 Å². The zero-order chi connectivity index (χ0) is 12.4. The van der Waals surface area contributed by atoms with E-state index in [0.29, 0.717) is 0 Å². The minimum Gasteiger partial charge on any atom is -0.295 e. The lowest BCUT2D eigenvalue weighted by Crippen LogP contribution is -2.32. The van der Waals surface area contributed by atoms with Crippen LogP contribution in [0.25, 0.3) is 0 Å². The molecule has 0 atom stereocenters. The molecule has 0 fully saturated rings. The third-order valence-electron chi connectivity index (χ3n) is 4.20. The zero-order valence-corrected chi connectivity index (χ0v) is 13.8. The summed E-state index contributed by atoms with van der Waals surface area (Å²) in [6.45, 7) is 14.1. The van der Waals surface area contributed by atoms with Gasteiger partial charge in [0.25, 0.3) is 0 Å². The lowest BCUT2D eigenvalue weighted by atomic mass is 10.6. The number of hydrogen-bond acceptors (Lipinski definition) is 2. The minimum absolute atomic E-state index is 0.849. The molecule has 0 aliphatic carbocycles. The van der Waals surface area contributed by atoms with Gasteiger partial charge in [-0.15, -0.1) is 11.8 Å². The van der Waals surface area contributed by atoms with Crippen LogP contribution in [0.2, 0.25) is 24.2 Å². The van der Waals surface area contributed by atoms with Crippen molar-refractivity contribution in [2.75, 3.05) is 24.7 Å². The van der Waals surface area contributed by atoms with Crippen LogP contribution in [0.15, 0.2) is 0 Å². The Balaban J connectivity index is 3.78. The highest BCUT2D eigenvalue weighted by atomic mass is 32.2. The van der Waals surface area contributed by atoms with Crippen LogP contribution in [-0.4, -0.2) is 37.7 Å². The molecule has 3 heteroatoms.